The van der Waals surface area contributed by atoms with Crippen molar-refractivity contribution >= 4 is 16.8 Å². The van der Waals surface area contributed by atoms with Crippen LogP contribution in [0, 0.1) is 0 Å². The Morgan fingerprint density at radius 1 is 1.47 bits per heavy atom. The third-order valence-corrected chi connectivity index (χ3v) is 3.55. The number of nitrogens with two attached hydrogens (primary N) is 1. The van der Waals surface area contributed by atoms with Crippen molar-refractivity contribution in [3.63, 3.8) is 0 Å². The van der Waals surface area contributed by atoms with Gasteiger partial charge in [-0.3, -0.25) is 9.69 Å². The highest BCUT2D eigenvalue weighted by atomic mass is 16.5. The van der Waals surface area contributed by atoms with Crippen LogP contribution in [0.15, 0.2) is 30.5 Å². The van der Waals surface area contributed by atoms with E-state index in [0.29, 0.717) is 13.2 Å². The van der Waals surface area contributed by atoms with E-state index in [1.807, 2.05) is 12.3 Å². The van der Waals surface area contributed by atoms with E-state index in [0.717, 1.165) is 18.6 Å². The predicted molar refractivity (Wildman–Crippen MR) is 72.5 cm³/mol. The average Bonchev–Trinajstić information content (AvgIpc) is 2.88. The van der Waals surface area contributed by atoms with Crippen molar-refractivity contribution in [2.24, 2.45) is 5.73 Å². The van der Waals surface area contributed by atoms with Crippen LogP contribution in [0.4, 0.5) is 0 Å². The fourth-order valence-corrected chi connectivity index (χ4v) is 2.55. The summed E-state index contributed by atoms with van der Waals surface area (Å²) in [6.07, 6.45) is 1.46. The summed E-state index contributed by atoms with van der Waals surface area (Å²) in [5, 5.41) is 1.23. The van der Waals surface area contributed by atoms with E-state index < -0.39 is 6.10 Å². The third-order valence-electron chi connectivity index (χ3n) is 3.55. The van der Waals surface area contributed by atoms with E-state index in [1.165, 1.54) is 10.9 Å². The average molecular weight is 259 g/mol. The van der Waals surface area contributed by atoms with Gasteiger partial charge in [0, 0.05) is 36.7 Å². The van der Waals surface area contributed by atoms with Crippen molar-refractivity contribution < 1.29 is 9.53 Å². The molecule has 3 rings (SSSR count). The van der Waals surface area contributed by atoms with Crippen LogP contribution in [0.3, 0.4) is 0 Å². The molecular formula is C14H17N3O2. The second kappa shape index (κ2) is 5.03. The maximum absolute atomic E-state index is 11.2. The lowest BCUT2D eigenvalue weighted by atomic mass is 10.1. The molecule has 1 aromatic carbocycles. The molecule has 0 bridgehead atoms. The molecule has 1 atom stereocenters. The molecule has 3 N–H and O–H groups in total. The maximum atomic E-state index is 11.2. The van der Waals surface area contributed by atoms with Gasteiger partial charge < -0.3 is 15.5 Å². The minimum atomic E-state index is -0.487. The van der Waals surface area contributed by atoms with Crippen LogP contribution in [0.5, 0.6) is 0 Å². The van der Waals surface area contributed by atoms with Gasteiger partial charge in [-0.1, -0.05) is 12.1 Å². The molecule has 2 heterocycles. The van der Waals surface area contributed by atoms with Gasteiger partial charge in [-0.25, -0.2) is 0 Å². The molecular weight excluding hydrogens is 242 g/mol. The van der Waals surface area contributed by atoms with Crippen molar-refractivity contribution in [2.75, 3.05) is 19.7 Å². The Labute approximate surface area is 111 Å². The number of rotatable bonds is 3. The molecule has 0 saturated carbocycles. The minimum Gasteiger partial charge on any atom is -0.367 e. The van der Waals surface area contributed by atoms with Gasteiger partial charge in [0.1, 0.15) is 6.10 Å². The van der Waals surface area contributed by atoms with Crippen LogP contribution >= 0.6 is 0 Å². The zero-order valence-electron chi connectivity index (χ0n) is 10.6. The van der Waals surface area contributed by atoms with Crippen molar-refractivity contribution in [3.05, 3.63) is 36.0 Å². The number of hydrogen-bond donors (Lipinski definition) is 2. The highest BCUT2D eigenvalue weighted by Crippen LogP contribution is 2.20. The molecule has 2 aromatic rings. The Balaban J connectivity index is 1.77. The van der Waals surface area contributed by atoms with Gasteiger partial charge in [0.15, 0.2) is 0 Å². The van der Waals surface area contributed by atoms with Crippen LogP contribution in [0.2, 0.25) is 0 Å². The number of ether oxygens (including phenoxy) is 1. The number of carbonyl (C=O) groups excluding carboxylic acids is 1. The number of fused-ring (bicyclic) bond motifs is 1. The molecule has 1 aromatic heterocycles. The number of carbonyl (C=O) groups is 1. The van der Waals surface area contributed by atoms with Gasteiger partial charge in [0.05, 0.1) is 6.61 Å². The normalized spacial score (nSPS) is 20.7. The minimum absolute atomic E-state index is 0.385. The number of hydrogen-bond acceptors (Lipinski definition) is 3. The molecule has 1 aliphatic heterocycles. The zero-order chi connectivity index (χ0) is 13.2. The van der Waals surface area contributed by atoms with Crippen molar-refractivity contribution in [1.29, 1.82) is 0 Å². The van der Waals surface area contributed by atoms with Crippen LogP contribution in [0.1, 0.15) is 5.56 Å². The zero-order valence-corrected chi connectivity index (χ0v) is 10.6. The van der Waals surface area contributed by atoms with Gasteiger partial charge in [0.2, 0.25) is 5.91 Å². The smallest absolute Gasteiger partial charge is 0.247 e. The van der Waals surface area contributed by atoms with Gasteiger partial charge >= 0.3 is 0 Å². The fourth-order valence-electron chi connectivity index (χ4n) is 2.55. The van der Waals surface area contributed by atoms with Crippen molar-refractivity contribution in [3.8, 4) is 0 Å². The first kappa shape index (κ1) is 12.2. The highest BCUT2D eigenvalue weighted by Gasteiger charge is 2.24. The number of amides is 1. The first-order valence-corrected chi connectivity index (χ1v) is 6.42. The fraction of sp³-hybridized carbons (Fsp3) is 0.357. The van der Waals surface area contributed by atoms with E-state index in [1.54, 1.807) is 0 Å². The number of nitrogens with one attached hydrogen (secondary N) is 1. The Morgan fingerprint density at radius 2 is 2.37 bits per heavy atom. The van der Waals surface area contributed by atoms with E-state index in [4.69, 9.17) is 10.5 Å². The van der Waals surface area contributed by atoms with E-state index in [-0.39, 0.29) is 5.91 Å². The van der Waals surface area contributed by atoms with Crippen LogP contribution < -0.4 is 5.73 Å². The number of nitrogens with zero attached hydrogens (tertiary/aromatic N) is 1. The standard InChI is InChI=1S/C14H17N3O2/c15-14(18)13-9-17(6-7-19-13)8-10-2-1-3-12-11(10)4-5-16-12/h1-5,13,16H,6-9H2,(H2,15,18). The molecule has 0 spiro atoms. The second-order valence-corrected chi connectivity index (χ2v) is 4.85. The monoisotopic (exact) mass is 259 g/mol. The highest BCUT2D eigenvalue weighted by molar-refractivity contribution is 5.83. The maximum Gasteiger partial charge on any atom is 0.247 e. The molecule has 1 fully saturated rings. The Hall–Kier alpha value is -1.85. The molecule has 0 radical (unpaired) electrons. The SMILES string of the molecule is NC(=O)C1CN(Cc2cccc3[nH]ccc23)CCO1. The number of benzene rings is 1. The Morgan fingerprint density at radius 3 is 3.21 bits per heavy atom. The molecule has 100 valence electrons. The summed E-state index contributed by atoms with van der Waals surface area (Å²) in [4.78, 5) is 16.6. The van der Waals surface area contributed by atoms with E-state index in [9.17, 15) is 4.79 Å². The Bertz CT molecular complexity index is 593. The van der Waals surface area contributed by atoms with Crippen LogP contribution in [0.25, 0.3) is 10.9 Å². The van der Waals surface area contributed by atoms with Crippen LogP contribution in [-0.4, -0.2) is 41.6 Å². The Kier molecular flexibility index (Phi) is 3.23. The number of H-pyrrole nitrogens is 1. The van der Waals surface area contributed by atoms with Gasteiger partial charge in [-0.05, 0) is 17.7 Å². The predicted octanol–water partition coefficient (Wildman–Crippen LogP) is 0.854. The molecule has 5 nitrogen and oxygen atoms in total. The molecule has 1 amide bonds. The lowest BCUT2D eigenvalue weighted by molar-refractivity contribution is -0.135. The van der Waals surface area contributed by atoms with Gasteiger partial charge in [-0.15, -0.1) is 0 Å². The summed E-state index contributed by atoms with van der Waals surface area (Å²) in [6, 6.07) is 8.30. The second-order valence-electron chi connectivity index (χ2n) is 4.85. The molecule has 19 heavy (non-hydrogen) atoms. The molecule has 1 unspecified atom stereocenters. The first-order valence-electron chi connectivity index (χ1n) is 6.42. The van der Waals surface area contributed by atoms with E-state index in [2.05, 4.69) is 28.1 Å². The molecule has 0 aliphatic carbocycles. The lowest BCUT2D eigenvalue weighted by Gasteiger charge is -2.31. The number of aromatic nitrogens is 1. The third kappa shape index (κ3) is 2.47. The van der Waals surface area contributed by atoms with Gasteiger partial charge in [0.25, 0.3) is 0 Å². The number of morpholine rings is 1. The summed E-state index contributed by atoms with van der Waals surface area (Å²) in [5.41, 5.74) is 7.69. The topological polar surface area (TPSA) is 71.4 Å². The summed E-state index contributed by atoms with van der Waals surface area (Å²) in [5.74, 6) is -0.385. The summed E-state index contributed by atoms with van der Waals surface area (Å²) in [6.45, 7) is 2.75. The molecule has 1 saturated heterocycles. The summed E-state index contributed by atoms with van der Waals surface area (Å²) in [7, 11) is 0. The summed E-state index contributed by atoms with van der Waals surface area (Å²) < 4.78 is 5.36. The lowest BCUT2D eigenvalue weighted by Crippen LogP contribution is -2.47. The first-order chi connectivity index (χ1) is 9.24. The van der Waals surface area contributed by atoms with E-state index >= 15 is 0 Å². The van der Waals surface area contributed by atoms with Gasteiger partial charge in [-0.2, -0.15) is 0 Å². The van der Waals surface area contributed by atoms with Crippen LogP contribution in [-0.2, 0) is 16.1 Å². The molecule has 1 aliphatic rings. The quantitative estimate of drug-likeness (QED) is 0.858. The summed E-state index contributed by atoms with van der Waals surface area (Å²) >= 11 is 0. The largest absolute Gasteiger partial charge is 0.367 e. The van der Waals surface area contributed by atoms with Crippen molar-refractivity contribution in [2.45, 2.75) is 12.6 Å². The number of aromatic amines is 1. The van der Waals surface area contributed by atoms with Crippen molar-refractivity contribution in [1.82, 2.24) is 9.88 Å². The number of primary amides is 1. The molecule has 5 heteroatoms.